The van der Waals surface area contributed by atoms with Crippen molar-refractivity contribution in [1.29, 1.82) is 0 Å². The number of aliphatic hydroxyl groups excluding tert-OH is 1. The first-order chi connectivity index (χ1) is 7.94. The van der Waals surface area contributed by atoms with Crippen molar-refractivity contribution >= 4 is 15.9 Å². The average molecular weight is 302 g/mol. The summed E-state index contributed by atoms with van der Waals surface area (Å²) in [7, 11) is 4.08. The molecule has 1 saturated carbocycles. The van der Waals surface area contributed by atoms with E-state index in [9.17, 15) is 5.11 Å². The Hall–Kier alpha value is -0.390. The van der Waals surface area contributed by atoms with Crippen molar-refractivity contribution in [2.24, 2.45) is 5.41 Å². The van der Waals surface area contributed by atoms with E-state index in [4.69, 9.17) is 0 Å². The lowest BCUT2D eigenvalue weighted by molar-refractivity contribution is 0.0928. The second-order valence-electron chi connectivity index (χ2n) is 5.46. The molecule has 17 heavy (non-hydrogen) atoms. The molecule has 1 aromatic heterocycles. The molecule has 0 radical (unpaired) electrons. The number of nitrogens with zero attached hydrogens (tertiary/aromatic N) is 3. The molecule has 1 aliphatic carbocycles. The minimum atomic E-state index is -0.415. The van der Waals surface area contributed by atoms with Crippen molar-refractivity contribution in [3.05, 3.63) is 16.4 Å². The SMILES string of the molecule is CN(C)CCn1ncc(Br)c1C(O)C1(C)CC1. The zero-order chi connectivity index (χ0) is 12.6. The van der Waals surface area contributed by atoms with Crippen LogP contribution in [0.4, 0.5) is 0 Å². The molecule has 1 N–H and O–H groups in total. The van der Waals surface area contributed by atoms with E-state index in [2.05, 4.69) is 32.9 Å². The first-order valence-corrected chi connectivity index (χ1v) is 6.77. The first-order valence-electron chi connectivity index (χ1n) is 5.98. The summed E-state index contributed by atoms with van der Waals surface area (Å²) in [5, 5.41) is 14.8. The van der Waals surface area contributed by atoms with Gasteiger partial charge < -0.3 is 10.0 Å². The van der Waals surface area contributed by atoms with E-state index >= 15 is 0 Å². The molecule has 1 heterocycles. The topological polar surface area (TPSA) is 41.3 Å². The van der Waals surface area contributed by atoms with E-state index in [1.54, 1.807) is 6.20 Å². The Kier molecular flexibility index (Phi) is 3.61. The summed E-state index contributed by atoms with van der Waals surface area (Å²) in [6.45, 7) is 3.86. The number of halogens is 1. The summed E-state index contributed by atoms with van der Waals surface area (Å²) in [4.78, 5) is 2.12. The summed E-state index contributed by atoms with van der Waals surface area (Å²) in [5.41, 5.74) is 0.977. The standard InChI is InChI=1S/C12H20BrN3O/c1-12(4-5-12)11(17)10-9(13)8-14-16(10)7-6-15(2)3/h8,11,17H,4-7H2,1-3H3. The predicted octanol–water partition coefficient (Wildman–Crippen LogP) is 2.04. The highest BCUT2D eigenvalue weighted by Crippen LogP contribution is 2.55. The summed E-state index contributed by atoms with van der Waals surface area (Å²) in [6, 6.07) is 0. The molecule has 0 amide bonds. The van der Waals surface area contributed by atoms with E-state index < -0.39 is 6.10 Å². The Morgan fingerprint density at radius 3 is 2.76 bits per heavy atom. The van der Waals surface area contributed by atoms with Crippen molar-refractivity contribution in [3.8, 4) is 0 Å². The third-order valence-electron chi connectivity index (χ3n) is 3.55. The van der Waals surface area contributed by atoms with Gasteiger partial charge in [0.2, 0.25) is 0 Å². The Labute approximate surface area is 111 Å². The Balaban J connectivity index is 2.17. The molecular weight excluding hydrogens is 282 g/mol. The molecule has 0 bridgehead atoms. The first kappa shape index (κ1) is 13.1. The zero-order valence-corrected chi connectivity index (χ0v) is 12.2. The van der Waals surface area contributed by atoms with Gasteiger partial charge in [0.05, 0.1) is 22.9 Å². The molecule has 1 atom stereocenters. The van der Waals surface area contributed by atoms with Gasteiger partial charge >= 0.3 is 0 Å². The molecule has 1 aliphatic rings. The lowest BCUT2D eigenvalue weighted by Crippen LogP contribution is -2.22. The highest BCUT2D eigenvalue weighted by Gasteiger charge is 2.46. The van der Waals surface area contributed by atoms with E-state index in [-0.39, 0.29) is 5.41 Å². The van der Waals surface area contributed by atoms with E-state index in [0.29, 0.717) is 0 Å². The fourth-order valence-electron chi connectivity index (χ4n) is 1.92. The highest BCUT2D eigenvalue weighted by atomic mass is 79.9. The van der Waals surface area contributed by atoms with Crippen LogP contribution >= 0.6 is 15.9 Å². The Morgan fingerprint density at radius 2 is 2.24 bits per heavy atom. The van der Waals surface area contributed by atoms with Gasteiger partial charge in [-0.1, -0.05) is 6.92 Å². The molecular formula is C12H20BrN3O. The fourth-order valence-corrected chi connectivity index (χ4v) is 2.43. The maximum Gasteiger partial charge on any atom is 0.102 e. The van der Waals surface area contributed by atoms with Crippen LogP contribution in [0.15, 0.2) is 10.7 Å². The lowest BCUT2D eigenvalue weighted by atomic mass is 9.99. The number of hydrogen-bond acceptors (Lipinski definition) is 3. The van der Waals surface area contributed by atoms with Crippen LogP contribution < -0.4 is 0 Å². The van der Waals surface area contributed by atoms with Gasteiger partial charge in [-0.05, 0) is 48.3 Å². The van der Waals surface area contributed by atoms with Crippen LogP contribution in [-0.4, -0.2) is 40.4 Å². The van der Waals surface area contributed by atoms with Crippen LogP contribution in [0.5, 0.6) is 0 Å². The minimum absolute atomic E-state index is 0.0540. The van der Waals surface area contributed by atoms with E-state index in [1.165, 1.54) is 0 Å². The summed E-state index contributed by atoms with van der Waals surface area (Å²) >= 11 is 3.49. The van der Waals surface area contributed by atoms with Crippen LogP contribution in [0.25, 0.3) is 0 Å². The Bertz CT molecular complexity index is 398. The molecule has 0 saturated heterocycles. The molecule has 0 aliphatic heterocycles. The van der Waals surface area contributed by atoms with Gasteiger partial charge in [0.25, 0.3) is 0 Å². The van der Waals surface area contributed by atoms with Gasteiger partial charge in [-0.25, -0.2) is 0 Å². The quantitative estimate of drug-likeness (QED) is 0.905. The molecule has 5 heteroatoms. The van der Waals surface area contributed by atoms with Crippen molar-refractivity contribution in [3.63, 3.8) is 0 Å². The maximum absolute atomic E-state index is 10.4. The molecule has 0 aromatic carbocycles. The second-order valence-corrected chi connectivity index (χ2v) is 6.32. The number of likely N-dealkylation sites (N-methyl/N-ethyl adjacent to an activating group) is 1. The Morgan fingerprint density at radius 1 is 1.59 bits per heavy atom. The van der Waals surface area contributed by atoms with Gasteiger partial charge in [0.1, 0.15) is 6.10 Å². The predicted molar refractivity (Wildman–Crippen MR) is 70.8 cm³/mol. The fraction of sp³-hybridized carbons (Fsp3) is 0.750. The van der Waals surface area contributed by atoms with Gasteiger partial charge in [-0.3, -0.25) is 4.68 Å². The second kappa shape index (κ2) is 4.71. The van der Waals surface area contributed by atoms with Crippen LogP contribution in [-0.2, 0) is 6.54 Å². The van der Waals surface area contributed by atoms with Crippen LogP contribution in [0.2, 0.25) is 0 Å². The number of hydrogen-bond donors (Lipinski definition) is 1. The monoisotopic (exact) mass is 301 g/mol. The van der Waals surface area contributed by atoms with Crippen molar-refractivity contribution in [2.45, 2.75) is 32.4 Å². The van der Waals surface area contributed by atoms with Gasteiger partial charge in [-0.2, -0.15) is 5.10 Å². The van der Waals surface area contributed by atoms with Crippen molar-refractivity contribution in [2.75, 3.05) is 20.6 Å². The van der Waals surface area contributed by atoms with Crippen molar-refractivity contribution < 1.29 is 5.11 Å². The molecule has 1 unspecified atom stereocenters. The highest BCUT2D eigenvalue weighted by molar-refractivity contribution is 9.10. The maximum atomic E-state index is 10.4. The van der Waals surface area contributed by atoms with E-state index in [1.807, 2.05) is 18.8 Å². The van der Waals surface area contributed by atoms with Crippen LogP contribution in [0.1, 0.15) is 31.6 Å². The number of aromatic nitrogens is 2. The smallest absolute Gasteiger partial charge is 0.102 e. The number of rotatable bonds is 5. The van der Waals surface area contributed by atoms with Crippen molar-refractivity contribution in [1.82, 2.24) is 14.7 Å². The normalized spacial score (nSPS) is 19.6. The molecule has 1 fully saturated rings. The van der Waals surface area contributed by atoms with E-state index in [0.717, 1.165) is 36.1 Å². The third kappa shape index (κ3) is 2.72. The lowest BCUT2D eigenvalue weighted by Gasteiger charge is -2.20. The zero-order valence-electron chi connectivity index (χ0n) is 10.6. The average Bonchev–Trinajstić information content (AvgIpc) is 2.90. The third-order valence-corrected chi connectivity index (χ3v) is 4.16. The van der Waals surface area contributed by atoms with Crippen LogP contribution in [0, 0.1) is 5.41 Å². The van der Waals surface area contributed by atoms with Gasteiger partial charge in [0.15, 0.2) is 0 Å². The molecule has 96 valence electrons. The molecule has 1 aromatic rings. The molecule has 0 spiro atoms. The van der Waals surface area contributed by atoms with Crippen LogP contribution in [0.3, 0.4) is 0 Å². The summed E-state index contributed by atoms with van der Waals surface area (Å²) < 4.78 is 2.83. The number of aliphatic hydroxyl groups is 1. The largest absolute Gasteiger partial charge is 0.386 e. The van der Waals surface area contributed by atoms with Gasteiger partial charge in [-0.15, -0.1) is 0 Å². The minimum Gasteiger partial charge on any atom is -0.386 e. The molecule has 2 rings (SSSR count). The molecule has 4 nitrogen and oxygen atoms in total. The summed E-state index contributed by atoms with van der Waals surface area (Å²) in [5.74, 6) is 0. The summed E-state index contributed by atoms with van der Waals surface area (Å²) in [6.07, 6.45) is 3.56. The van der Waals surface area contributed by atoms with Gasteiger partial charge in [0, 0.05) is 6.54 Å².